The van der Waals surface area contributed by atoms with E-state index in [-0.39, 0.29) is 5.82 Å². The molecule has 0 aromatic heterocycles. The van der Waals surface area contributed by atoms with Gasteiger partial charge in [0.25, 0.3) is 0 Å². The van der Waals surface area contributed by atoms with Gasteiger partial charge in [0.15, 0.2) is 0 Å². The number of benzene rings is 1. The Morgan fingerprint density at radius 1 is 1.53 bits per heavy atom. The number of nitrogens with two attached hydrogens (primary N) is 1. The maximum Gasteiger partial charge on any atom is 0.146 e. The zero-order valence-corrected chi connectivity index (χ0v) is 11.0. The van der Waals surface area contributed by atoms with Crippen molar-refractivity contribution in [3.05, 3.63) is 29.6 Å². The van der Waals surface area contributed by atoms with Crippen molar-refractivity contribution in [2.45, 2.75) is 25.1 Å². The van der Waals surface area contributed by atoms with Crippen molar-refractivity contribution in [3.63, 3.8) is 0 Å². The van der Waals surface area contributed by atoms with Gasteiger partial charge in [-0.25, -0.2) is 4.39 Å². The largest absolute Gasteiger partial charge is 0.396 e. The van der Waals surface area contributed by atoms with Crippen LogP contribution in [0.5, 0.6) is 0 Å². The number of hydrogen-bond acceptors (Lipinski definition) is 3. The Morgan fingerprint density at radius 2 is 2.35 bits per heavy atom. The monoisotopic (exact) mass is 254 g/mol. The standard InChI is InChI=1S/C13H19FN2S/c1-2-11-9-16(6-7-17-11)8-10-4-3-5-12(14)13(10)15/h3-5,11H,2,6-9,15H2,1H3. The van der Waals surface area contributed by atoms with Crippen LogP contribution in [0.15, 0.2) is 18.2 Å². The zero-order chi connectivity index (χ0) is 12.3. The third-order valence-electron chi connectivity index (χ3n) is 3.22. The predicted molar refractivity (Wildman–Crippen MR) is 72.6 cm³/mol. The molecule has 0 radical (unpaired) electrons. The second-order valence-electron chi connectivity index (χ2n) is 4.45. The Kier molecular flexibility index (Phi) is 4.29. The van der Waals surface area contributed by atoms with Gasteiger partial charge in [0.1, 0.15) is 5.82 Å². The molecular weight excluding hydrogens is 235 g/mol. The van der Waals surface area contributed by atoms with E-state index in [0.717, 1.165) is 31.0 Å². The van der Waals surface area contributed by atoms with Crippen molar-refractivity contribution in [3.8, 4) is 0 Å². The summed E-state index contributed by atoms with van der Waals surface area (Å²) in [5, 5.41) is 0.707. The zero-order valence-electron chi connectivity index (χ0n) is 10.2. The highest BCUT2D eigenvalue weighted by molar-refractivity contribution is 8.00. The molecule has 4 heteroatoms. The van der Waals surface area contributed by atoms with Crippen LogP contribution < -0.4 is 5.73 Å². The fourth-order valence-corrected chi connectivity index (χ4v) is 3.38. The Morgan fingerprint density at radius 3 is 3.12 bits per heavy atom. The summed E-state index contributed by atoms with van der Waals surface area (Å²) in [4.78, 5) is 2.37. The molecule has 94 valence electrons. The SMILES string of the molecule is CCC1CN(Cc2cccc(F)c2N)CCS1. The van der Waals surface area contributed by atoms with Crippen LogP contribution in [0.3, 0.4) is 0 Å². The van der Waals surface area contributed by atoms with E-state index in [0.29, 0.717) is 10.9 Å². The molecule has 0 bridgehead atoms. The summed E-state index contributed by atoms with van der Waals surface area (Å²) in [5.74, 6) is 0.856. The van der Waals surface area contributed by atoms with E-state index in [4.69, 9.17) is 5.73 Å². The van der Waals surface area contributed by atoms with Crippen molar-refractivity contribution >= 4 is 17.4 Å². The van der Waals surface area contributed by atoms with Crippen LogP contribution in [0.4, 0.5) is 10.1 Å². The molecule has 1 aliphatic heterocycles. The predicted octanol–water partition coefficient (Wildman–Crippen LogP) is 2.74. The van der Waals surface area contributed by atoms with Crippen molar-refractivity contribution in [1.82, 2.24) is 4.90 Å². The molecule has 1 aromatic rings. The van der Waals surface area contributed by atoms with Crippen molar-refractivity contribution < 1.29 is 4.39 Å². The van der Waals surface area contributed by atoms with E-state index in [9.17, 15) is 4.39 Å². The van der Waals surface area contributed by atoms with E-state index in [1.165, 1.54) is 12.5 Å². The molecule has 0 saturated carbocycles. The van der Waals surface area contributed by atoms with Crippen LogP contribution in [0, 0.1) is 5.82 Å². The quantitative estimate of drug-likeness (QED) is 0.841. The van der Waals surface area contributed by atoms with Gasteiger partial charge in [0, 0.05) is 30.6 Å². The summed E-state index contributed by atoms with van der Waals surface area (Å²) in [6.45, 7) is 5.13. The number of nitrogen functional groups attached to an aromatic ring is 1. The summed E-state index contributed by atoms with van der Waals surface area (Å²) in [6, 6.07) is 5.07. The molecule has 17 heavy (non-hydrogen) atoms. The average Bonchev–Trinajstić information content (AvgIpc) is 2.35. The number of hydrogen-bond donors (Lipinski definition) is 1. The van der Waals surface area contributed by atoms with Crippen molar-refractivity contribution in [2.75, 3.05) is 24.6 Å². The smallest absolute Gasteiger partial charge is 0.146 e. The van der Waals surface area contributed by atoms with Gasteiger partial charge in [-0.1, -0.05) is 19.1 Å². The first-order valence-corrected chi connectivity index (χ1v) is 7.12. The second kappa shape index (κ2) is 5.74. The third-order valence-corrected chi connectivity index (χ3v) is 4.59. The van der Waals surface area contributed by atoms with E-state index in [2.05, 4.69) is 11.8 Å². The Balaban J connectivity index is 2.02. The van der Waals surface area contributed by atoms with Crippen LogP contribution in [-0.4, -0.2) is 29.0 Å². The van der Waals surface area contributed by atoms with E-state index < -0.39 is 0 Å². The first-order valence-electron chi connectivity index (χ1n) is 6.07. The van der Waals surface area contributed by atoms with E-state index in [1.54, 1.807) is 6.07 Å². The number of rotatable bonds is 3. The lowest BCUT2D eigenvalue weighted by atomic mass is 10.1. The van der Waals surface area contributed by atoms with Crippen LogP contribution in [0.25, 0.3) is 0 Å². The molecule has 2 nitrogen and oxygen atoms in total. The van der Waals surface area contributed by atoms with Crippen LogP contribution in [0.2, 0.25) is 0 Å². The summed E-state index contributed by atoms with van der Waals surface area (Å²) in [6.07, 6.45) is 1.19. The summed E-state index contributed by atoms with van der Waals surface area (Å²) in [5.41, 5.74) is 6.97. The second-order valence-corrected chi connectivity index (χ2v) is 5.86. The number of para-hydroxylation sites is 1. The topological polar surface area (TPSA) is 29.3 Å². The molecule has 1 fully saturated rings. The summed E-state index contributed by atoms with van der Waals surface area (Å²) >= 11 is 2.04. The van der Waals surface area contributed by atoms with Gasteiger partial charge >= 0.3 is 0 Å². The lowest BCUT2D eigenvalue weighted by Gasteiger charge is -2.32. The van der Waals surface area contributed by atoms with Gasteiger partial charge in [0.2, 0.25) is 0 Å². The highest BCUT2D eigenvalue weighted by atomic mass is 32.2. The molecule has 1 saturated heterocycles. The summed E-state index contributed by atoms with van der Waals surface area (Å²) < 4.78 is 13.3. The van der Waals surface area contributed by atoms with E-state index in [1.807, 2.05) is 17.8 Å². The maximum atomic E-state index is 13.3. The fraction of sp³-hybridized carbons (Fsp3) is 0.538. The minimum absolute atomic E-state index is 0.304. The average molecular weight is 254 g/mol. The molecule has 0 aliphatic carbocycles. The lowest BCUT2D eigenvalue weighted by Crippen LogP contribution is -2.37. The first kappa shape index (κ1) is 12.7. The van der Waals surface area contributed by atoms with Gasteiger partial charge < -0.3 is 5.73 Å². The molecule has 1 aromatic carbocycles. The minimum Gasteiger partial charge on any atom is -0.396 e. The minimum atomic E-state index is -0.305. The number of thioether (sulfide) groups is 1. The maximum absolute atomic E-state index is 13.3. The molecule has 0 amide bonds. The van der Waals surface area contributed by atoms with Gasteiger partial charge in [-0.05, 0) is 18.1 Å². The molecule has 1 heterocycles. The number of nitrogens with zero attached hydrogens (tertiary/aromatic N) is 1. The molecule has 1 unspecified atom stereocenters. The molecule has 1 aliphatic rings. The number of anilines is 1. The van der Waals surface area contributed by atoms with Crippen molar-refractivity contribution in [2.24, 2.45) is 0 Å². The summed E-state index contributed by atoms with van der Waals surface area (Å²) in [7, 11) is 0. The van der Waals surface area contributed by atoms with Gasteiger partial charge in [-0.15, -0.1) is 0 Å². The Bertz CT molecular complexity index is 384. The third kappa shape index (κ3) is 3.13. The molecular formula is C13H19FN2S. The normalized spacial score (nSPS) is 21.6. The molecule has 2 N–H and O–H groups in total. The van der Waals surface area contributed by atoms with Crippen LogP contribution in [-0.2, 0) is 6.54 Å². The van der Waals surface area contributed by atoms with Gasteiger partial charge in [-0.3, -0.25) is 4.90 Å². The lowest BCUT2D eigenvalue weighted by molar-refractivity contribution is 0.273. The van der Waals surface area contributed by atoms with Gasteiger partial charge in [-0.2, -0.15) is 11.8 Å². The Hall–Kier alpha value is -0.740. The van der Waals surface area contributed by atoms with Crippen LogP contribution >= 0.6 is 11.8 Å². The Labute approximate surface area is 106 Å². The first-order chi connectivity index (χ1) is 8.20. The molecule has 2 rings (SSSR count). The number of halogens is 1. The van der Waals surface area contributed by atoms with E-state index >= 15 is 0 Å². The highest BCUT2D eigenvalue weighted by Gasteiger charge is 2.19. The molecule has 0 spiro atoms. The van der Waals surface area contributed by atoms with Gasteiger partial charge in [0.05, 0.1) is 5.69 Å². The highest BCUT2D eigenvalue weighted by Crippen LogP contribution is 2.24. The van der Waals surface area contributed by atoms with Crippen LogP contribution in [0.1, 0.15) is 18.9 Å². The van der Waals surface area contributed by atoms with Crippen molar-refractivity contribution in [1.29, 1.82) is 0 Å². The fourth-order valence-electron chi connectivity index (χ4n) is 2.13. The molecule has 1 atom stereocenters.